The fraction of sp³-hybridized carbons (Fsp3) is 0.167. The van der Waals surface area contributed by atoms with Crippen LogP contribution in [0.25, 0.3) is 0 Å². The van der Waals surface area contributed by atoms with Crippen molar-refractivity contribution in [3.8, 4) is 5.75 Å². The zero-order valence-corrected chi connectivity index (χ0v) is 9.71. The van der Waals surface area contributed by atoms with E-state index in [-0.39, 0.29) is 12.3 Å². The molecule has 2 nitrogen and oxygen atoms in total. The molecule has 0 bridgehead atoms. The third kappa shape index (κ3) is 2.81. The minimum absolute atomic E-state index is 0.119. The summed E-state index contributed by atoms with van der Waals surface area (Å²) in [5.41, 5.74) is 6.43. The van der Waals surface area contributed by atoms with Crippen molar-refractivity contribution >= 4 is 11.3 Å². The highest BCUT2D eigenvalue weighted by molar-refractivity contribution is 7.07. The van der Waals surface area contributed by atoms with E-state index in [9.17, 15) is 8.78 Å². The van der Waals surface area contributed by atoms with Crippen molar-refractivity contribution < 1.29 is 13.5 Å². The summed E-state index contributed by atoms with van der Waals surface area (Å²) in [6, 6.07) is 4.94. The molecular formula is C12H11F2NOS. The highest BCUT2D eigenvalue weighted by atomic mass is 32.1. The van der Waals surface area contributed by atoms with Gasteiger partial charge in [0.2, 0.25) is 0 Å². The first-order chi connectivity index (χ1) is 8.20. The first kappa shape index (κ1) is 12.0. The second-order valence-corrected chi connectivity index (χ2v) is 4.25. The van der Waals surface area contributed by atoms with Crippen LogP contribution in [0.4, 0.5) is 8.78 Å². The lowest BCUT2D eigenvalue weighted by molar-refractivity contribution is 0.204. The van der Waals surface area contributed by atoms with Crippen LogP contribution < -0.4 is 10.5 Å². The molecule has 1 unspecified atom stereocenters. The van der Waals surface area contributed by atoms with E-state index < -0.39 is 17.7 Å². The van der Waals surface area contributed by atoms with Gasteiger partial charge < -0.3 is 10.5 Å². The van der Waals surface area contributed by atoms with Gasteiger partial charge in [-0.1, -0.05) is 0 Å². The van der Waals surface area contributed by atoms with Crippen LogP contribution in [0.5, 0.6) is 5.75 Å². The molecule has 0 fully saturated rings. The van der Waals surface area contributed by atoms with Gasteiger partial charge in [-0.05, 0) is 29.0 Å². The molecule has 0 radical (unpaired) electrons. The van der Waals surface area contributed by atoms with E-state index in [4.69, 9.17) is 10.5 Å². The summed E-state index contributed by atoms with van der Waals surface area (Å²) >= 11 is 1.50. The molecule has 0 saturated heterocycles. The fourth-order valence-electron chi connectivity index (χ4n) is 1.43. The van der Waals surface area contributed by atoms with Gasteiger partial charge in [-0.25, -0.2) is 8.78 Å². The van der Waals surface area contributed by atoms with Crippen LogP contribution >= 0.6 is 11.3 Å². The quantitative estimate of drug-likeness (QED) is 0.911. The maximum atomic E-state index is 13.4. The molecule has 2 aromatic rings. The number of nitrogens with two attached hydrogens (primary N) is 1. The highest BCUT2D eigenvalue weighted by Gasteiger charge is 2.14. The molecule has 1 heterocycles. The molecule has 2 rings (SSSR count). The SMILES string of the molecule is NCC(Oc1cc(F)ccc1F)c1ccsc1. The normalized spacial score (nSPS) is 12.4. The smallest absolute Gasteiger partial charge is 0.165 e. The molecule has 1 atom stereocenters. The molecule has 0 spiro atoms. The van der Waals surface area contributed by atoms with E-state index in [1.165, 1.54) is 11.3 Å². The molecule has 5 heteroatoms. The predicted molar refractivity (Wildman–Crippen MR) is 63.1 cm³/mol. The topological polar surface area (TPSA) is 35.2 Å². The summed E-state index contributed by atoms with van der Waals surface area (Å²) in [5.74, 6) is -1.26. The molecule has 0 aliphatic carbocycles. The van der Waals surface area contributed by atoms with Gasteiger partial charge in [0.1, 0.15) is 11.9 Å². The predicted octanol–water partition coefficient (Wildman–Crippen LogP) is 3.11. The zero-order valence-electron chi connectivity index (χ0n) is 8.90. The number of halogens is 2. The van der Waals surface area contributed by atoms with Gasteiger partial charge >= 0.3 is 0 Å². The van der Waals surface area contributed by atoms with Gasteiger partial charge in [0, 0.05) is 18.2 Å². The van der Waals surface area contributed by atoms with Crippen molar-refractivity contribution in [1.82, 2.24) is 0 Å². The Bertz CT molecular complexity index is 487. The Morgan fingerprint density at radius 2 is 2.12 bits per heavy atom. The van der Waals surface area contributed by atoms with Crippen LogP contribution in [-0.4, -0.2) is 6.54 Å². The summed E-state index contributed by atoms with van der Waals surface area (Å²) in [5, 5.41) is 3.75. The average Bonchev–Trinajstić information content (AvgIpc) is 2.84. The van der Waals surface area contributed by atoms with Crippen LogP contribution in [-0.2, 0) is 0 Å². The van der Waals surface area contributed by atoms with E-state index in [1.807, 2.05) is 16.8 Å². The molecule has 0 aliphatic rings. The Morgan fingerprint density at radius 1 is 1.29 bits per heavy atom. The van der Waals surface area contributed by atoms with Crippen molar-refractivity contribution in [2.24, 2.45) is 5.73 Å². The highest BCUT2D eigenvalue weighted by Crippen LogP contribution is 2.25. The Morgan fingerprint density at radius 3 is 2.76 bits per heavy atom. The summed E-state index contributed by atoms with van der Waals surface area (Å²) in [4.78, 5) is 0. The monoisotopic (exact) mass is 255 g/mol. The molecule has 0 amide bonds. The summed E-state index contributed by atoms with van der Waals surface area (Å²) in [7, 11) is 0. The lowest BCUT2D eigenvalue weighted by atomic mass is 10.2. The van der Waals surface area contributed by atoms with E-state index in [2.05, 4.69) is 0 Å². The number of rotatable bonds is 4. The number of hydrogen-bond donors (Lipinski definition) is 1. The van der Waals surface area contributed by atoms with Crippen molar-refractivity contribution in [2.75, 3.05) is 6.54 Å². The van der Waals surface area contributed by atoms with E-state index in [1.54, 1.807) is 0 Å². The van der Waals surface area contributed by atoms with Crippen LogP contribution in [0.1, 0.15) is 11.7 Å². The Labute approximate surface area is 102 Å². The largest absolute Gasteiger partial charge is 0.481 e. The molecule has 90 valence electrons. The standard InChI is InChI=1S/C12H11F2NOS/c13-9-1-2-10(14)11(5-9)16-12(6-15)8-3-4-17-7-8/h1-5,7,12H,6,15H2. The second kappa shape index (κ2) is 5.25. The Kier molecular flexibility index (Phi) is 3.71. The lowest BCUT2D eigenvalue weighted by Crippen LogP contribution is -2.18. The third-order valence-electron chi connectivity index (χ3n) is 2.29. The summed E-state index contributed by atoms with van der Waals surface area (Å²) < 4.78 is 31.7. The minimum atomic E-state index is -0.597. The van der Waals surface area contributed by atoms with Gasteiger partial charge in [-0.3, -0.25) is 0 Å². The average molecular weight is 255 g/mol. The maximum Gasteiger partial charge on any atom is 0.165 e. The van der Waals surface area contributed by atoms with Crippen molar-refractivity contribution in [2.45, 2.75) is 6.10 Å². The van der Waals surface area contributed by atoms with Crippen LogP contribution in [0.3, 0.4) is 0 Å². The number of ether oxygens (including phenoxy) is 1. The van der Waals surface area contributed by atoms with Crippen molar-refractivity contribution in [3.05, 3.63) is 52.2 Å². The summed E-state index contributed by atoms with van der Waals surface area (Å²) in [6.45, 7) is 0.201. The second-order valence-electron chi connectivity index (χ2n) is 3.47. The molecule has 1 aromatic heterocycles. The van der Waals surface area contributed by atoms with Crippen LogP contribution in [0, 0.1) is 11.6 Å². The molecule has 17 heavy (non-hydrogen) atoms. The van der Waals surface area contributed by atoms with Crippen LogP contribution in [0.2, 0.25) is 0 Å². The molecular weight excluding hydrogens is 244 g/mol. The zero-order chi connectivity index (χ0) is 12.3. The van der Waals surface area contributed by atoms with E-state index in [0.29, 0.717) is 0 Å². The van der Waals surface area contributed by atoms with Gasteiger partial charge in [-0.2, -0.15) is 11.3 Å². The minimum Gasteiger partial charge on any atom is -0.481 e. The Balaban J connectivity index is 2.21. The van der Waals surface area contributed by atoms with Gasteiger partial charge in [0.25, 0.3) is 0 Å². The van der Waals surface area contributed by atoms with Gasteiger partial charge in [0.05, 0.1) is 0 Å². The number of hydrogen-bond acceptors (Lipinski definition) is 3. The number of thiophene rings is 1. The van der Waals surface area contributed by atoms with E-state index in [0.717, 1.165) is 23.8 Å². The van der Waals surface area contributed by atoms with Gasteiger partial charge in [-0.15, -0.1) is 0 Å². The van der Waals surface area contributed by atoms with Gasteiger partial charge in [0.15, 0.2) is 11.6 Å². The maximum absolute atomic E-state index is 13.4. The molecule has 0 saturated carbocycles. The lowest BCUT2D eigenvalue weighted by Gasteiger charge is -2.16. The first-order valence-electron chi connectivity index (χ1n) is 5.04. The van der Waals surface area contributed by atoms with Crippen LogP contribution in [0.15, 0.2) is 35.0 Å². The number of benzene rings is 1. The van der Waals surface area contributed by atoms with Crippen molar-refractivity contribution in [3.63, 3.8) is 0 Å². The molecule has 0 aliphatic heterocycles. The molecule has 1 aromatic carbocycles. The third-order valence-corrected chi connectivity index (χ3v) is 2.99. The fourth-order valence-corrected chi connectivity index (χ4v) is 2.13. The Hall–Kier alpha value is -1.46. The summed E-state index contributed by atoms with van der Waals surface area (Å²) in [6.07, 6.45) is -0.461. The van der Waals surface area contributed by atoms with Crippen molar-refractivity contribution in [1.29, 1.82) is 0 Å². The molecule has 2 N–H and O–H groups in total. The first-order valence-corrected chi connectivity index (χ1v) is 5.99. The van der Waals surface area contributed by atoms with E-state index >= 15 is 0 Å².